The third-order valence-electron chi connectivity index (χ3n) is 2.03. The first-order chi connectivity index (χ1) is 5.97. The SMILES string of the molecule is CC=CC(=O)OC1(CC)OC1(C)F. The Morgan fingerprint density at radius 2 is 2.23 bits per heavy atom. The highest BCUT2D eigenvalue weighted by atomic mass is 19.2. The standard InChI is InChI=1S/C9H13FO3/c1-4-6-7(11)12-9(5-2)8(3,10)13-9/h4,6H,5H2,1-3H3. The van der Waals surface area contributed by atoms with Crippen LogP contribution in [0.4, 0.5) is 4.39 Å². The monoisotopic (exact) mass is 188 g/mol. The van der Waals surface area contributed by atoms with E-state index in [1.807, 2.05) is 0 Å². The van der Waals surface area contributed by atoms with E-state index < -0.39 is 17.6 Å². The van der Waals surface area contributed by atoms with Crippen molar-refractivity contribution in [2.45, 2.75) is 38.8 Å². The van der Waals surface area contributed by atoms with Crippen LogP contribution in [-0.4, -0.2) is 17.6 Å². The number of carbonyl (C=O) groups is 1. The van der Waals surface area contributed by atoms with Crippen LogP contribution in [-0.2, 0) is 14.3 Å². The number of halogens is 1. The second-order valence-electron chi connectivity index (χ2n) is 3.05. The van der Waals surface area contributed by atoms with E-state index in [0.717, 1.165) is 0 Å². The average molecular weight is 188 g/mol. The Bertz CT molecular complexity index is 247. The summed E-state index contributed by atoms with van der Waals surface area (Å²) in [6, 6.07) is 0. The van der Waals surface area contributed by atoms with Crippen molar-refractivity contribution in [3.05, 3.63) is 12.2 Å². The summed E-state index contributed by atoms with van der Waals surface area (Å²) < 4.78 is 22.7. The minimum atomic E-state index is -1.83. The summed E-state index contributed by atoms with van der Waals surface area (Å²) in [4.78, 5) is 11.0. The fourth-order valence-electron chi connectivity index (χ4n) is 1.19. The molecule has 1 rings (SSSR count). The van der Waals surface area contributed by atoms with Gasteiger partial charge in [0.1, 0.15) is 0 Å². The first-order valence-electron chi connectivity index (χ1n) is 4.22. The molecule has 0 aromatic carbocycles. The van der Waals surface area contributed by atoms with Crippen molar-refractivity contribution in [2.24, 2.45) is 0 Å². The van der Waals surface area contributed by atoms with E-state index in [0.29, 0.717) is 6.42 Å². The first-order valence-corrected chi connectivity index (χ1v) is 4.22. The van der Waals surface area contributed by atoms with Crippen LogP contribution in [0.25, 0.3) is 0 Å². The lowest BCUT2D eigenvalue weighted by Crippen LogP contribution is -2.25. The maximum absolute atomic E-state index is 13.2. The Morgan fingerprint density at radius 3 is 2.54 bits per heavy atom. The highest BCUT2D eigenvalue weighted by molar-refractivity contribution is 5.82. The van der Waals surface area contributed by atoms with E-state index in [2.05, 4.69) is 0 Å². The Morgan fingerprint density at radius 1 is 1.69 bits per heavy atom. The van der Waals surface area contributed by atoms with Crippen molar-refractivity contribution in [3.8, 4) is 0 Å². The molecule has 0 amide bonds. The van der Waals surface area contributed by atoms with E-state index in [1.165, 1.54) is 19.1 Å². The van der Waals surface area contributed by atoms with Gasteiger partial charge in [0.2, 0.25) is 0 Å². The van der Waals surface area contributed by atoms with Crippen LogP contribution in [0, 0.1) is 0 Å². The summed E-state index contributed by atoms with van der Waals surface area (Å²) in [5.41, 5.74) is 0. The largest absolute Gasteiger partial charge is 0.423 e. The zero-order chi connectivity index (χ0) is 10.1. The van der Waals surface area contributed by atoms with Gasteiger partial charge < -0.3 is 4.74 Å². The van der Waals surface area contributed by atoms with Crippen LogP contribution in [0.1, 0.15) is 27.2 Å². The quantitative estimate of drug-likeness (QED) is 0.386. The fourth-order valence-corrected chi connectivity index (χ4v) is 1.19. The number of carbonyl (C=O) groups excluding carboxylic acids is 1. The van der Waals surface area contributed by atoms with Gasteiger partial charge in [0.25, 0.3) is 11.6 Å². The summed E-state index contributed by atoms with van der Waals surface area (Å²) in [6.45, 7) is 4.63. The molecule has 1 fully saturated rings. The van der Waals surface area contributed by atoms with E-state index in [9.17, 15) is 9.18 Å². The van der Waals surface area contributed by atoms with Gasteiger partial charge in [-0.15, -0.1) is 0 Å². The van der Waals surface area contributed by atoms with E-state index in [4.69, 9.17) is 9.47 Å². The second-order valence-corrected chi connectivity index (χ2v) is 3.05. The van der Waals surface area contributed by atoms with Crippen molar-refractivity contribution < 1.29 is 18.7 Å². The van der Waals surface area contributed by atoms with Crippen molar-refractivity contribution in [1.29, 1.82) is 0 Å². The molecular weight excluding hydrogens is 175 g/mol. The molecule has 0 aromatic rings. The summed E-state index contributed by atoms with van der Waals surface area (Å²) in [5.74, 6) is -3.77. The third-order valence-corrected chi connectivity index (χ3v) is 2.03. The zero-order valence-electron chi connectivity index (χ0n) is 7.96. The lowest BCUT2D eigenvalue weighted by atomic mass is 10.2. The molecule has 0 aromatic heterocycles. The molecular formula is C9H13FO3. The molecule has 2 unspecified atom stereocenters. The zero-order valence-corrected chi connectivity index (χ0v) is 7.96. The first kappa shape index (κ1) is 10.2. The molecule has 74 valence electrons. The van der Waals surface area contributed by atoms with Gasteiger partial charge in [-0.05, 0) is 6.92 Å². The van der Waals surface area contributed by atoms with Crippen LogP contribution in [0.3, 0.4) is 0 Å². The second kappa shape index (κ2) is 3.10. The molecule has 3 nitrogen and oxygen atoms in total. The van der Waals surface area contributed by atoms with Gasteiger partial charge in [-0.3, -0.25) is 4.74 Å². The summed E-state index contributed by atoms with van der Waals surface area (Å²) in [5, 5.41) is 0. The molecule has 0 bridgehead atoms. The van der Waals surface area contributed by atoms with Gasteiger partial charge in [-0.2, -0.15) is 0 Å². The molecule has 0 saturated carbocycles. The maximum Gasteiger partial charge on any atom is 0.333 e. The van der Waals surface area contributed by atoms with Crippen LogP contribution >= 0.6 is 0 Å². The molecule has 4 heteroatoms. The predicted molar refractivity (Wildman–Crippen MR) is 44.5 cm³/mol. The highest BCUT2D eigenvalue weighted by Gasteiger charge is 2.71. The molecule has 0 aliphatic carbocycles. The minimum Gasteiger partial charge on any atom is -0.423 e. The number of hydrogen-bond acceptors (Lipinski definition) is 3. The smallest absolute Gasteiger partial charge is 0.333 e. The highest BCUT2D eigenvalue weighted by Crippen LogP contribution is 2.52. The van der Waals surface area contributed by atoms with Gasteiger partial charge in [0, 0.05) is 19.4 Å². The molecule has 0 spiro atoms. The van der Waals surface area contributed by atoms with Crippen LogP contribution < -0.4 is 0 Å². The molecule has 0 N–H and O–H groups in total. The van der Waals surface area contributed by atoms with Gasteiger partial charge in [0.15, 0.2) is 0 Å². The maximum atomic E-state index is 13.2. The van der Waals surface area contributed by atoms with Crippen molar-refractivity contribution in [1.82, 2.24) is 0 Å². The molecule has 0 radical (unpaired) electrons. The number of alkyl halides is 1. The molecule has 1 aliphatic rings. The van der Waals surface area contributed by atoms with Crippen LogP contribution in [0.2, 0.25) is 0 Å². The average Bonchev–Trinajstić information content (AvgIpc) is 2.54. The van der Waals surface area contributed by atoms with Crippen molar-refractivity contribution in [2.75, 3.05) is 0 Å². The number of epoxide rings is 1. The lowest BCUT2D eigenvalue weighted by molar-refractivity contribution is -0.153. The summed E-state index contributed by atoms with van der Waals surface area (Å²) in [6.07, 6.45) is 3.07. The number of allylic oxidation sites excluding steroid dienone is 1. The molecule has 1 saturated heterocycles. The Kier molecular flexibility index (Phi) is 2.43. The minimum absolute atomic E-state index is 0.309. The molecule has 2 atom stereocenters. The number of esters is 1. The third kappa shape index (κ3) is 1.72. The van der Waals surface area contributed by atoms with Crippen LogP contribution in [0.5, 0.6) is 0 Å². The summed E-state index contributed by atoms with van der Waals surface area (Å²) in [7, 11) is 0. The normalized spacial score (nSPS) is 37.8. The van der Waals surface area contributed by atoms with Gasteiger partial charge >= 0.3 is 5.97 Å². The molecule has 1 aliphatic heterocycles. The van der Waals surface area contributed by atoms with E-state index in [1.54, 1.807) is 13.8 Å². The fraction of sp³-hybridized carbons (Fsp3) is 0.667. The number of ether oxygens (including phenoxy) is 2. The van der Waals surface area contributed by atoms with Crippen molar-refractivity contribution in [3.63, 3.8) is 0 Å². The van der Waals surface area contributed by atoms with E-state index in [-0.39, 0.29) is 0 Å². The van der Waals surface area contributed by atoms with Gasteiger partial charge in [-0.1, -0.05) is 13.0 Å². The number of hydrogen-bond donors (Lipinski definition) is 0. The van der Waals surface area contributed by atoms with Gasteiger partial charge in [0.05, 0.1) is 0 Å². The molecule has 13 heavy (non-hydrogen) atoms. The predicted octanol–water partition coefficient (Wildman–Crippen LogP) is 1.93. The van der Waals surface area contributed by atoms with E-state index >= 15 is 0 Å². The number of rotatable bonds is 3. The Hall–Kier alpha value is -0.900. The van der Waals surface area contributed by atoms with Crippen LogP contribution in [0.15, 0.2) is 12.2 Å². The van der Waals surface area contributed by atoms with Crippen molar-refractivity contribution >= 4 is 5.97 Å². The molecule has 1 heterocycles. The van der Waals surface area contributed by atoms with Gasteiger partial charge in [-0.25, -0.2) is 9.18 Å². The Labute approximate surface area is 76.5 Å². The Balaban J connectivity index is 2.58. The lowest BCUT2D eigenvalue weighted by Gasteiger charge is -2.09. The summed E-state index contributed by atoms with van der Waals surface area (Å²) >= 11 is 0. The topological polar surface area (TPSA) is 38.8 Å².